The van der Waals surface area contributed by atoms with Crippen LogP contribution in [-0.4, -0.2) is 54.4 Å². The second kappa shape index (κ2) is 7.70. The fourth-order valence-corrected chi connectivity index (χ4v) is 2.35. The summed E-state index contributed by atoms with van der Waals surface area (Å²) in [6, 6.07) is 0. The minimum absolute atomic E-state index is 0. The normalized spacial score (nSPS) is 19.9. The van der Waals surface area contributed by atoms with Crippen LogP contribution in [-0.2, 0) is 9.47 Å². The van der Waals surface area contributed by atoms with Crippen LogP contribution in [0.4, 0.5) is 4.79 Å². The molecule has 20 heavy (non-hydrogen) atoms. The van der Waals surface area contributed by atoms with Gasteiger partial charge in [0, 0.05) is 0 Å². The van der Waals surface area contributed by atoms with E-state index in [2.05, 4.69) is 4.90 Å². The zero-order valence-electron chi connectivity index (χ0n) is 14.0. The van der Waals surface area contributed by atoms with Crippen molar-refractivity contribution in [1.82, 2.24) is 9.80 Å². The Balaban J connectivity index is 0.00000361. The monoisotopic (exact) mass is 278 g/mol. The van der Waals surface area contributed by atoms with Crippen LogP contribution < -0.4 is 18.9 Å². The first-order valence-electron chi connectivity index (χ1n) is 6.78. The van der Waals surface area contributed by atoms with E-state index in [-0.39, 0.29) is 30.5 Å². The third-order valence-corrected chi connectivity index (χ3v) is 3.22. The van der Waals surface area contributed by atoms with Gasteiger partial charge in [0.2, 0.25) is 0 Å². The van der Waals surface area contributed by atoms with Gasteiger partial charge >= 0.3 is 25.0 Å². The maximum absolute atomic E-state index is 12.2. The zero-order chi connectivity index (χ0) is 14.7. The predicted octanol–water partition coefficient (Wildman–Crippen LogP) is -0.523. The van der Waals surface area contributed by atoms with Gasteiger partial charge in [-0.3, -0.25) is 4.90 Å². The summed E-state index contributed by atoms with van der Waals surface area (Å²) in [7, 11) is 4.05. The molecule has 0 bridgehead atoms. The molecule has 0 aromatic rings. The summed E-state index contributed by atoms with van der Waals surface area (Å²) >= 11 is 0. The van der Waals surface area contributed by atoms with E-state index >= 15 is 0 Å². The molecule has 0 saturated carbocycles. The van der Waals surface area contributed by atoms with Gasteiger partial charge in [-0.15, -0.1) is 6.42 Å². The van der Waals surface area contributed by atoms with Crippen LogP contribution in [0.15, 0.2) is 0 Å². The van der Waals surface area contributed by atoms with Crippen LogP contribution in [0.5, 0.6) is 0 Å². The van der Waals surface area contributed by atoms with Crippen LogP contribution in [0.3, 0.4) is 0 Å². The smallest absolute Gasteiger partial charge is 0.621 e. The van der Waals surface area contributed by atoms with Crippen LogP contribution >= 0.6 is 0 Å². The third-order valence-electron chi connectivity index (χ3n) is 3.22. The van der Waals surface area contributed by atoms with Gasteiger partial charge in [-0.25, -0.2) is 4.79 Å². The molecule has 0 spiro atoms. The Hall–Kier alpha value is -0.213. The van der Waals surface area contributed by atoms with Gasteiger partial charge in [-0.1, -0.05) is 6.42 Å². The molecular formula is C14H27LiN2O3. The molecule has 5 nitrogen and oxygen atoms in total. The average molecular weight is 278 g/mol. The number of unbranched alkanes of at least 4 members (excludes halogenated alkanes) is 1. The zero-order valence-corrected chi connectivity index (χ0v) is 14.0. The number of nitrogens with zero attached hydrogens (tertiary/aromatic N) is 2. The third kappa shape index (κ3) is 5.29. The summed E-state index contributed by atoms with van der Waals surface area (Å²) in [6.07, 6.45) is 1.40. The van der Waals surface area contributed by atoms with E-state index in [1.807, 2.05) is 41.8 Å². The first kappa shape index (κ1) is 19.8. The summed E-state index contributed by atoms with van der Waals surface area (Å²) in [4.78, 5) is 15.9. The Labute approximate surface area is 135 Å². The molecule has 0 N–H and O–H groups in total. The molecule has 6 heteroatoms. The van der Waals surface area contributed by atoms with Crippen molar-refractivity contribution >= 4 is 6.09 Å². The van der Waals surface area contributed by atoms with Crippen molar-refractivity contribution in [3.8, 4) is 0 Å². The van der Waals surface area contributed by atoms with E-state index in [1.54, 1.807) is 11.5 Å². The largest absolute Gasteiger partial charge is 1.00 e. The Morgan fingerprint density at radius 3 is 2.40 bits per heavy atom. The summed E-state index contributed by atoms with van der Waals surface area (Å²) in [5, 5.41) is 0. The van der Waals surface area contributed by atoms with Crippen molar-refractivity contribution in [3.05, 3.63) is 6.61 Å². The number of carbonyl (C=O) groups excluding carboxylic acids is 1. The quantitative estimate of drug-likeness (QED) is 0.385. The average Bonchev–Trinajstić information content (AvgIpc) is 2.47. The Morgan fingerprint density at radius 2 is 1.95 bits per heavy atom. The van der Waals surface area contributed by atoms with Gasteiger partial charge in [0.25, 0.3) is 0 Å². The second-order valence-corrected chi connectivity index (χ2v) is 6.38. The van der Waals surface area contributed by atoms with Gasteiger partial charge in [-0.2, -0.15) is 6.61 Å². The van der Waals surface area contributed by atoms with Crippen molar-refractivity contribution in [2.24, 2.45) is 0 Å². The first-order valence-corrected chi connectivity index (χ1v) is 6.78. The van der Waals surface area contributed by atoms with E-state index in [4.69, 9.17) is 9.47 Å². The number of carbonyl (C=O) groups is 1. The molecule has 0 aromatic heterocycles. The molecule has 0 radical (unpaired) electrons. The molecule has 112 valence electrons. The van der Waals surface area contributed by atoms with E-state index in [0.29, 0.717) is 6.61 Å². The molecule has 1 rings (SSSR count). The molecular weight excluding hydrogens is 251 g/mol. The SMILES string of the molecule is CN(C)CCC[CH-]OC(=O)N1C(C)(C)COC1(C)C.[Li+]. The van der Waals surface area contributed by atoms with Crippen molar-refractivity contribution in [1.29, 1.82) is 0 Å². The van der Waals surface area contributed by atoms with Gasteiger partial charge in [0.1, 0.15) is 5.72 Å². The van der Waals surface area contributed by atoms with Gasteiger partial charge in [-0.05, 0) is 48.3 Å². The fraction of sp³-hybridized carbons (Fsp3) is 0.857. The van der Waals surface area contributed by atoms with Crippen molar-refractivity contribution in [3.63, 3.8) is 0 Å². The van der Waals surface area contributed by atoms with E-state index in [0.717, 1.165) is 19.4 Å². The summed E-state index contributed by atoms with van der Waals surface area (Å²) in [5.41, 5.74) is -0.948. The van der Waals surface area contributed by atoms with E-state index < -0.39 is 5.72 Å². The fourth-order valence-electron chi connectivity index (χ4n) is 2.35. The Bertz CT molecular complexity index is 304. The molecule has 1 heterocycles. The van der Waals surface area contributed by atoms with Gasteiger partial charge in [0.15, 0.2) is 0 Å². The van der Waals surface area contributed by atoms with Crippen LogP contribution in [0.2, 0.25) is 0 Å². The van der Waals surface area contributed by atoms with Crippen molar-refractivity contribution in [2.45, 2.75) is 51.8 Å². The second-order valence-electron chi connectivity index (χ2n) is 6.38. The molecule has 1 saturated heterocycles. The maximum Gasteiger partial charge on any atom is 1.00 e. The minimum Gasteiger partial charge on any atom is -0.621 e. The molecule has 1 aliphatic rings. The summed E-state index contributed by atoms with van der Waals surface area (Å²) < 4.78 is 10.9. The number of hydrogen-bond acceptors (Lipinski definition) is 4. The van der Waals surface area contributed by atoms with Crippen LogP contribution in [0, 0.1) is 6.61 Å². The first-order chi connectivity index (χ1) is 8.67. The van der Waals surface area contributed by atoms with Crippen molar-refractivity contribution in [2.75, 3.05) is 27.2 Å². The minimum atomic E-state index is -0.613. The number of ether oxygens (including phenoxy) is 2. The number of amides is 1. The molecule has 1 fully saturated rings. The molecule has 1 aliphatic heterocycles. The van der Waals surface area contributed by atoms with Crippen LogP contribution in [0.25, 0.3) is 0 Å². The Morgan fingerprint density at radius 1 is 1.35 bits per heavy atom. The maximum atomic E-state index is 12.2. The standard InChI is InChI=1S/C14H27N2O3.Li/c1-13(2)11-19-14(3,4)16(13)12(17)18-10-8-7-9-15(5)6;/h10H,7-9,11H2,1-6H3;/q-1;+1. The topological polar surface area (TPSA) is 42.0 Å². The number of rotatable bonds is 5. The Kier molecular flexibility index (Phi) is 7.62. The molecule has 0 aromatic carbocycles. The van der Waals surface area contributed by atoms with Gasteiger partial charge in [0.05, 0.1) is 12.1 Å². The van der Waals surface area contributed by atoms with E-state index in [9.17, 15) is 4.79 Å². The molecule has 0 atom stereocenters. The predicted molar refractivity (Wildman–Crippen MR) is 74.5 cm³/mol. The van der Waals surface area contributed by atoms with Gasteiger partial charge < -0.3 is 14.4 Å². The van der Waals surface area contributed by atoms with E-state index in [1.165, 1.54) is 0 Å². The molecule has 0 aliphatic carbocycles. The van der Waals surface area contributed by atoms with Crippen molar-refractivity contribution < 1.29 is 33.1 Å². The number of hydrogen-bond donors (Lipinski definition) is 0. The summed E-state index contributed by atoms with van der Waals surface area (Å²) in [6.45, 7) is 10.8. The van der Waals surface area contributed by atoms with Crippen LogP contribution in [0.1, 0.15) is 40.5 Å². The molecule has 0 unspecified atom stereocenters. The summed E-state index contributed by atoms with van der Waals surface area (Å²) in [5.74, 6) is 0. The molecule has 1 amide bonds.